The van der Waals surface area contributed by atoms with E-state index in [-0.39, 0.29) is 5.75 Å². The van der Waals surface area contributed by atoms with Crippen LogP contribution in [-0.2, 0) is 11.5 Å². The molecule has 0 fully saturated rings. The number of hydrogen-bond donors (Lipinski definition) is 2. The number of phenolic OH excluding ortho intramolecular Hbond substituents is 1. The topological polar surface area (TPSA) is 81.3 Å². The zero-order chi connectivity index (χ0) is 14.1. The predicted molar refractivity (Wildman–Crippen MR) is 79.7 cm³/mol. The molecule has 2 heterocycles. The van der Waals surface area contributed by atoms with Crippen molar-refractivity contribution in [1.82, 2.24) is 9.97 Å². The second kappa shape index (κ2) is 5.20. The van der Waals surface area contributed by atoms with Gasteiger partial charge in [0.05, 0.1) is 12.3 Å². The van der Waals surface area contributed by atoms with Gasteiger partial charge in [0.25, 0.3) is 0 Å². The minimum atomic E-state index is 0.111. The van der Waals surface area contributed by atoms with Crippen molar-refractivity contribution in [2.45, 2.75) is 18.4 Å². The van der Waals surface area contributed by atoms with Gasteiger partial charge in [0, 0.05) is 22.6 Å². The Morgan fingerprint density at radius 2 is 2.20 bits per heavy atom. The van der Waals surface area contributed by atoms with Crippen molar-refractivity contribution < 1.29 is 9.84 Å². The number of anilines is 1. The van der Waals surface area contributed by atoms with Gasteiger partial charge in [-0.05, 0) is 25.1 Å². The van der Waals surface area contributed by atoms with E-state index in [1.807, 2.05) is 6.92 Å². The molecule has 0 atom stereocenters. The molecule has 0 radical (unpaired) electrons. The van der Waals surface area contributed by atoms with E-state index >= 15 is 0 Å². The van der Waals surface area contributed by atoms with Crippen LogP contribution in [0.5, 0.6) is 11.5 Å². The largest absolute Gasteiger partial charge is 0.504 e. The number of nitrogens with two attached hydrogens (primary N) is 1. The zero-order valence-electron chi connectivity index (χ0n) is 11.1. The zero-order valence-corrected chi connectivity index (χ0v) is 11.9. The minimum Gasteiger partial charge on any atom is -0.504 e. The van der Waals surface area contributed by atoms with E-state index in [4.69, 9.17) is 10.5 Å². The van der Waals surface area contributed by atoms with E-state index in [2.05, 4.69) is 9.97 Å². The number of fused-ring (bicyclic) bond motifs is 1. The fourth-order valence-corrected chi connectivity index (χ4v) is 3.18. The quantitative estimate of drug-likeness (QED) is 0.904. The maximum atomic E-state index is 9.73. The highest BCUT2D eigenvalue weighted by molar-refractivity contribution is 7.98. The lowest BCUT2D eigenvalue weighted by molar-refractivity contribution is 0.318. The summed E-state index contributed by atoms with van der Waals surface area (Å²) >= 11 is 1.79. The number of benzene rings is 1. The van der Waals surface area contributed by atoms with Crippen molar-refractivity contribution in [2.24, 2.45) is 0 Å². The first-order valence-electron chi connectivity index (χ1n) is 6.38. The average Bonchev–Trinajstić information content (AvgIpc) is 2.90. The number of aromatic hydroxyl groups is 1. The van der Waals surface area contributed by atoms with Gasteiger partial charge in [-0.1, -0.05) is 0 Å². The van der Waals surface area contributed by atoms with Crippen LogP contribution in [0.4, 0.5) is 5.82 Å². The summed E-state index contributed by atoms with van der Waals surface area (Å²) in [4.78, 5) is 8.93. The average molecular weight is 289 g/mol. The van der Waals surface area contributed by atoms with Gasteiger partial charge in [0.2, 0.25) is 0 Å². The lowest BCUT2D eigenvalue weighted by atomic mass is 10.1. The van der Waals surface area contributed by atoms with Crippen molar-refractivity contribution in [3.05, 3.63) is 29.5 Å². The summed E-state index contributed by atoms with van der Waals surface area (Å²) in [5.41, 5.74) is 8.83. The Kier molecular flexibility index (Phi) is 3.40. The smallest absolute Gasteiger partial charge is 0.161 e. The number of thioether (sulfide) groups is 1. The lowest BCUT2D eigenvalue weighted by Gasteiger charge is -2.09. The minimum absolute atomic E-state index is 0.111. The molecule has 1 aliphatic heterocycles. The van der Waals surface area contributed by atoms with Crippen LogP contribution in [0.15, 0.2) is 18.2 Å². The summed E-state index contributed by atoms with van der Waals surface area (Å²) in [5.74, 6) is 3.40. The summed E-state index contributed by atoms with van der Waals surface area (Å²) in [7, 11) is 0. The second-order valence-electron chi connectivity index (χ2n) is 4.47. The number of rotatable bonds is 3. The molecule has 0 unspecified atom stereocenters. The van der Waals surface area contributed by atoms with Crippen molar-refractivity contribution in [1.29, 1.82) is 0 Å². The first-order chi connectivity index (χ1) is 9.69. The number of hydrogen-bond acceptors (Lipinski definition) is 6. The van der Waals surface area contributed by atoms with E-state index in [1.165, 1.54) is 0 Å². The van der Waals surface area contributed by atoms with Gasteiger partial charge in [0.1, 0.15) is 5.82 Å². The van der Waals surface area contributed by atoms with Crippen LogP contribution in [-0.4, -0.2) is 21.7 Å². The molecule has 0 spiro atoms. The molecule has 20 heavy (non-hydrogen) atoms. The van der Waals surface area contributed by atoms with Gasteiger partial charge in [0.15, 0.2) is 17.3 Å². The van der Waals surface area contributed by atoms with Crippen molar-refractivity contribution >= 4 is 17.6 Å². The molecule has 1 aromatic heterocycles. The fourth-order valence-electron chi connectivity index (χ4n) is 2.13. The first kappa shape index (κ1) is 13.1. The SMILES string of the molecule is CCOc1cc(-c2nc(N)c3c(n2)CSC3)ccc1O. The molecular weight excluding hydrogens is 274 g/mol. The van der Waals surface area contributed by atoms with E-state index in [9.17, 15) is 5.11 Å². The normalized spacial score (nSPS) is 13.2. The third kappa shape index (κ3) is 2.27. The van der Waals surface area contributed by atoms with Gasteiger partial charge in [-0.15, -0.1) is 0 Å². The number of aromatic nitrogens is 2. The summed E-state index contributed by atoms with van der Waals surface area (Å²) in [6, 6.07) is 5.09. The third-order valence-electron chi connectivity index (χ3n) is 3.13. The number of phenols is 1. The molecule has 0 saturated heterocycles. The van der Waals surface area contributed by atoms with Crippen LogP contribution in [0.3, 0.4) is 0 Å². The Hall–Kier alpha value is -1.95. The van der Waals surface area contributed by atoms with Gasteiger partial charge >= 0.3 is 0 Å². The van der Waals surface area contributed by atoms with E-state index in [1.54, 1.807) is 30.0 Å². The third-order valence-corrected chi connectivity index (χ3v) is 4.10. The summed E-state index contributed by atoms with van der Waals surface area (Å²) in [6.45, 7) is 2.36. The number of nitrogen functional groups attached to an aromatic ring is 1. The summed E-state index contributed by atoms with van der Waals surface area (Å²) in [5, 5.41) is 9.73. The van der Waals surface area contributed by atoms with Crippen LogP contribution in [0, 0.1) is 0 Å². The summed E-state index contributed by atoms with van der Waals surface area (Å²) < 4.78 is 5.38. The second-order valence-corrected chi connectivity index (χ2v) is 5.45. The Balaban J connectivity index is 2.05. The van der Waals surface area contributed by atoms with Crippen LogP contribution >= 0.6 is 11.8 Å². The molecule has 0 bridgehead atoms. The molecule has 0 amide bonds. The molecule has 104 valence electrons. The standard InChI is InChI=1S/C14H15N3O2S/c1-2-19-12-5-8(3-4-11(12)18)14-16-10-7-20-6-9(10)13(15)17-14/h3-5,18H,2,6-7H2,1H3,(H2,15,16,17). The Labute approximate surface area is 121 Å². The summed E-state index contributed by atoms with van der Waals surface area (Å²) in [6.07, 6.45) is 0. The molecule has 0 saturated carbocycles. The molecule has 1 aliphatic rings. The maximum absolute atomic E-state index is 9.73. The van der Waals surface area contributed by atoms with Gasteiger partial charge in [-0.3, -0.25) is 0 Å². The van der Waals surface area contributed by atoms with Crippen molar-refractivity contribution in [3.8, 4) is 22.9 Å². The van der Waals surface area contributed by atoms with Gasteiger partial charge in [-0.2, -0.15) is 11.8 Å². The Morgan fingerprint density at radius 3 is 3.00 bits per heavy atom. The number of ether oxygens (including phenoxy) is 1. The number of nitrogens with zero attached hydrogens (tertiary/aromatic N) is 2. The van der Waals surface area contributed by atoms with Crippen molar-refractivity contribution in [3.63, 3.8) is 0 Å². The van der Waals surface area contributed by atoms with E-state index in [0.717, 1.165) is 28.3 Å². The van der Waals surface area contributed by atoms with E-state index < -0.39 is 0 Å². The molecule has 2 aromatic rings. The molecule has 1 aromatic carbocycles. The molecule has 0 aliphatic carbocycles. The molecule has 5 nitrogen and oxygen atoms in total. The highest BCUT2D eigenvalue weighted by atomic mass is 32.2. The van der Waals surface area contributed by atoms with Crippen LogP contribution in [0.25, 0.3) is 11.4 Å². The van der Waals surface area contributed by atoms with Gasteiger partial charge < -0.3 is 15.6 Å². The predicted octanol–water partition coefficient (Wildman–Crippen LogP) is 2.58. The highest BCUT2D eigenvalue weighted by Gasteiger charge is 2.19. The molecule has 6 heteroatoms. The lowest BCUT2D eigenvalue weighted by Crippen LogP contribution is -2.03. The Bertz CT molecular complexity index is 661. The molecule has 3 N–H and O–H groups in total. The highest BCUT2D eigenvalue weighted by Crippen LogP contribution is 2.35. The first-order valence-corrected chi connectivity index (χ1v) is 7.53. The molecular formula is C14H15N3O2S. The monoisotopic (exact) mass is 289 g/mol. The van der Waals surface area contributed by atoms with Crippen molar-refractivity contribution in [2.75, 3.05) is 12.3 Å². The van der Waals surface area contributed by atoms with Crippen LogP contribution in [0.1, 0.15) is 18.2 Å². The van der Waals surface area contributed by atoms with Crippen LogP contribution < -0.4 is 10.5 Å². The fraction of sp³-hybridized carbons (Fsp3) is 0.286. The maximum Gasteiger partial charge on any atom is 0.161 e. The Morgan fingerprint density at radius 1 is 1.35 bits per heavy atom. The van der Waals surface area contributed by atoms with E-state index in [0.29, 0.717) is 24.0 Å². The van der Waals surface area contributed by atoms with Gasteiger partial charge in [-0.25, -0.2) is 9.97 Å². The van der Waals surface area contributed by atoms with Crippen LogP contribution in [0.2, 0.25) is 0 Å². The molecule has 3 rings (SSSR count).